The highest BCUT2D eigenvalue weighted by Crippen LogP contribution is 2.23. The van der Waals surface area contributed by atoms with Crippen molar-refractivity contribution in [1.29, 1.82) is 0 Å². The highest BCUT2D eigenvalue weighted by atomic mass is 35.5. The van der Waals surface area contributed by atoms with Crippen molar-refractivity contribution in [2.45, 2.75) is 31.1 Å². The fourth-order valence-electron chi connectivity index (χ4n) is 2.73. The minimum atomic E-state index is -4.02. The Labute approximate surface area is 193 Å². The Kier molecular flexibility index (Phi) is 11.5. The third-order valence-corrected chi connectivity index (χ3v) is 5.68. The van der Waals surface area contributed by atoms with Crippen LogP contribution in [0.4, 0.5) is 5.69 Å². The summed E-state index contributed by atoms with van der Waals surface area (Å²) in [7, 11) is -4.02. The number of nitrogens with zero attached hydrogens (tertiary/aromatic N) is 1. The molecule has 2 aromatic rings. The van der Waals surface area contributed by atoms with E-state index in [2.05, 4.69) is 0 Å². The van der Waals surface area contributed by atoms with Crippen LogP contribution in [0.3, 0.4) is 0 Å². The predicted octanol–water partition coefficient (Wildman–Crippen LogP) is 4.62. The molecule has 0 aromatic heterocycles. The second-order valence-electron chi connectivity index (χ2n) is 6.92. The van der Waals surface area contributed by atoms with Gasteiger partial charge in [-0.3, -0.25) is 9.35 Å². The normalized spacial score (nSPS) is 11.5. The summed E-state index contributed by atoms with van der Waals surface area (Å²) in [5, 5.41) is 21.2. The molecule has 0 atom stereocenters. The number of rotatable bonds is 10. The monoisotopic (exact) mass is 491 g/mol. The summed E-state index contributed by atoms with van der Waals surface area (Å²) in [5.74, 6) is -0.234. The third kappa shape index (κ3) is 9.99. The topological polar surface area (TPSA) is 115 Å². The molecule has 0 aliphatic heterocycles. The Morgan fingerprint density at radius 2 is 1.52 bits per heavy atom. The molecular weight excluding hydrogens is 465 g/mol. The first-order valence-electron chi connectivity index (χ1n) is 9.57. The summed E-state index contributed by atoms with van der Waals surface area (Å²) in [5.41, 5.74) is 2.61. The molecule has 0 fully saturated rings. The van der Waals surface area contributed by atoms with Crippen LogP contribution >= 0.6 is 23.2 Å². The van der Waals surface area contributed by atoms with Crippen LogP contribution in [-0.4, -0.2) is 48.9 Å². The van der Waals surface area contributed by atoms with Gasteiger partial charge < -0.3 is 15.0 Å². The molecule has 7 nitrogen and oxygen atoms in total. The van der Waals surface area contributed by atoms with Crippen molar-refractivity contribution in [3.05, 3.63) is 64.9 Å². The largest absolute Gasteiger partial charge is 0.627 e. The number of aryl methyl sites for hydroxylation is 2. The molecule has 0 spiro atoms. The quantitative estimate of drug-likeness (QED) is 0.217. The zero-order chi connectivity index (χ0) is 23.5. The Morgan fingerprint density at radius 3 is 1.94 bits per heavy atom. The summed E-state index contributed by atoms with van der Waals surface area (Å²) >= 11 is 11.4. The van der Waals surface area contributed by atoms with Gasteiger partial charge >= 0.3 is 5.97 Å². The van der Waals surface area contributed by atoms with Gasteiger partial charge in [0, 0.05) is 6.42 Å². The molecule has 172 valence electrons. The van der Waals surface area contributed by atoms with E-state index in [-0.39, 0.29) is 36.2 Å². The SMILES string of the molecule is Cc1ccc(S(=O)(=O)O)cc1.O=C(O)CCCc1ccc([N+]([O-])(CCCl)CCCl)cc1. The second kappa shape index (κ2) is 13.0. The van der Waals surface area contributed by atoms with Gasteiger partial charge in [-0.25, -0.2) is 0 Å². The van der Waals surface area contributed by atoms with Crippen LogP contribution < -0.4 is 4.65 Å². The average molecular weight is 492 g/mol. The highest BCUT2D eigenvalue weighted by Gasteiger charge is 2.19. The van der Waals surface area contributed by atoms with Crippen LogP contribution in [0.2, 0.25) is 0 Å². The first-order chi connectivity index (χ1) is 14.5. The van der Waals surface area contributed by atoms with Gasteiger partial charge in [0.1, 0.15) is 5.69 Å². The summed E-state index contributed by atoms with van der Waals surface area (Å²) < 4.78 is 29.0. The van der Waals surface area contributed by atoms with Crippen molar-refractivity contribution >= 4 is 45.0 Å². The van der Waals surface area contributed by atoms with Gasteiger partial charge in [0.15, 0.2) is 0 Å². The minimum absolute atomic E-state index is 0.0666. The van der Waals surface area contributed by atoms with Gasteiger partial charge in [0.05, 0.1) is 29.7 Å². The van der Waals surface area contributed by atoms with Gasteiger partial charge in [-0.2, -0.15) is 8.42 Å². The minimum Gasteiger partial charge on any atom is -0.627 e. The predicted molar refractivity (Wildman–Crippen MR) is 124 cm³/mol. The Morgan fingerprint density at radius 1 is 1.00 bits per heavy atom. The number of hydrogen-bond donors (Lipinski definition) is 2. The maximum Gasteiger partial charge on any atom is 0.303 e. The van der Waals surface area contributed by atoms with Crippen molar-refractivity contribution in [2.75, 3.05) is 24.8 Å². The van der Waals surface area contributed by atoms with Gasteiger partial charge in [-0.05, 0) is 49.6 Å². The number of alkyl halides is 2. The van der Waals surface area contributed by atoms with Crippen LogP contribution in [0.15, 0.2) is 53.4 Å². The maximum absolute atomic E-state index is 12.6. The van der Waals surface area contributed by atoms with E-state index in [9.17, 15) is 18.4 Å². The van der Waals surface area contributed by atoms with E-state index in [1.54, 1.807) is 24.3 Å². The Balaban J connectivity index is 0.000000367. The van der Waals surface area contributed by atoms with Crippen LogP contribution in [0.25, 0.3) is 0 Å². The molecule has 0 heterocycles. The van der Waals surface area contributed by atoms with Crippen molar-refractivity contribution in [3.8, 4) is 0 Å². The van der Waals surface area contributed by atoms with Crippen molar-refractivity contribution in [2.24, 2.45) is 0 Å². The van der Waals surface area contributed by atoms with E-state index in [1.165, 1.54) is 12.1 Å². The fourth-order valence-corrected chi connectivity index (χ4v) is 3.76. The number of carboxylic acid groups (broad SMARTS) is 1. The summed E-state index contributed by atoms with van der Waals surface area (Å²) in [4.78, 5) is 10.4. The summed E-state index contributed by atoms with van der Waals surface area (Å²) in [6.45, 7) is 2.41. The van der Waals surface area contributed by atoms with E-state index < -0.39 is 20.7 Å². The number of carbonyl (C=O) groups is 1. The number of quaternary nitrogens is 1. The molecule has 31 heavy (non-hydrogen) atoms. The number of aliphatic carboxylic acids is 1. The van der Waals surface area contributed by atoms with Crippen molar-refractivity contribution in [1.82, 2.24) is 4.65 Å². The molecule has 0 radical (unpaired) electrons. The van der Waals surface area contributed by atoms with Crippen LogP contribution in [-0.2, 0) is 21.3 Å². The molecule has 0 unspecified atom stereocenters. The molecule has 0 saturated heterocycles. The molecule has 10 heteroatoms. The molecule has 0 saturated carbocycles. The molecule has 0 amide bonds. The first kappa shape index (κ1) is 27.4. The molecule has 2 N–H and O–H groups in total. The number of hydroxylamine groups is 2. The number of carboxylic acids is 1. The molecular formula is C21H27Cl2NO6S. The van der Waals surface area contributed by atoms with Gasteiger partial charge in [0.25, 0.3) is 10.1 Å². The van der Waals surface area contributed by atoms with Crippen LogP contribution in [0.5, 0.6) is 0 Å². The maximum atomic E-state index is 12.6. The van der Waals surface area contributed by atoms with E-state index in [4.69, 9.17) is 32.9 Å². The smallest absolute Gasteiger partial charge is 0.303 e. The molecule has 0 aliphatic rings. The second-order valence-corrected chi connectivity index (χ2v) is 9.09. The summed E-state index contributed by atoms with van der Waals surface area (Å²) in [6, 6.07) is 13.3. The number of hydrogen-bond acceptors (Lipinski definition) is 4. The standard InChI is InChI=1S/C14H19Cl2NO3.C7H8O3S/c15-8-10-17(20,11-9-16)13-6-4-12(5-7-13)2-1-3-14(18)19;1-6-2-4-7(5-3-6)11(8,9)10/h4-7H,1-3,8-11H2,(H,18,19);2-5H,1H3,(H,8,9,10). The first-order valence-corrected chi connectivity index (χ1v) is 12.1. The van der Waals surface area contributed by atoms with Gasteiger partial charge in [-0.1, -0.05) is 29.8 Å². The summed E-state index contributed by atoms with van der Waals surface area (Å²) in [6.07, 6.45) is 1.44. The van der Waals surface area contributed by atoms with Crippen LogP contribution in [0, 0.1) is 12.1 Å². The zero-order valence-electron chi connectivity index (χ0n) is 17.2. The highest BCUT2D eigenvalue weighted by molar-refractivity contribution is 7.85. The zero-order valence-corrected chi connectivity index (χ0v) is 19.5. The van der Waals surface area contributed by atoms with Gasteiger partial charge in [-0.15, -0.1) is 23.2 Å². The lowest BCUT2D eigenvalue weighted by atomic mass is 10.1. The van der Waals surface area contributed by atoms with Crippen LogP contribution in [0.1, 0.15) is 24.0 Å². The third-order valence-electron chi connectivity index (χ3n) is 4.47. The van der Waals surface area contributed by atoms with Crippen molar-refractivity contribution in [3.63, 3.8) is 0 Å². The lowest BCUT2D eigenvalue weighted by Gasteiger charge is -2.41. The average Bonchev–Trinajstić information content (AvgIpc) is 2.69. The Bertz CT molecular complexity index is 912. The van der Waals surface area contributed by atoms with Crippen molar-refractivity contribution < 1.29 is 22.9 Å². The lowest BCUT2D eigenvalue weighted by molar-refractivity contribution is -0.137. The van der Waals surface area contributed by atoms with E-state index in [0.717, 1.165) is 11.1 Å². The molecule has 2 rings (SSSR count). The molecule has 0 aliphatic carbocycles. The van der Waals surface area contributed by atoms with E-state index in [1.807, 2.05) is 19.1 Å². The molecule has 2 aromatic carbocycles. The Hall–Kier alpha value is -1.68. The van der Waals surface area contributed by atoms with E-state index in [0.29, 0.717) is 18.5 Å². The lowest BCUT2D eigenvalue weighted by Crippen LogP contribution is -2.46. The van der Waals surface area contributed by atoms with E-state index >= 15 is 0 Å². The number of halogens is 2. The molecule has 0 bridgehead atoms. The number of benzene rings is 2. The fraction of sp³-hybridized carbons (Fsp3) is 0.381. The van der Waals surface area contributed by atoms with Gasteiger partial charge in [0.2, 0.25) is 0 Å².